The van der Waals surface area contributed by atoms with Crippen molar-refractivity contribution >= 4 is 0 Å². The Bertz CT molecular complexity index is 266. The first-order chi connectivity index (χ1) is 8.77. The van der Waals surface area contributed by atoms with Gasteiger partial charge in [-0.2, -0.15) is 0 Å². The van der Waals surface area contributed by atoms with Crippen LogP contribution in [0.15, 0.2) is 0 Å². The lowest BCUT2D eigenvalue weighted by Gasteiger charge is -2.48. The van der Waals surface area contributed by atoms with Gasteiger partial charge in [-0.15, -0.1) is 0 Å². The molecule has 0 aromatic carbocycles. The summed E-state index contributed by atoms with van der Waals surface area (Å²) < 4.78 is 5.95. The number of rotatable bonds is 4. The fourth-order valence-corrected chi connectivity index (χ4v) is 4.25. The molecule has 2 heteroatoms. The molecule has 2 nitrogen and oxygen atoms in total. The van der Waals surface area contributed by atoms with Crippen molar-refractivity contribution < 1.29 is 9.84 Å². The Balaban J connectivity index is 1.44. The standard InChI is InChI=1S/C16H28O2/c17-15(7-6-13-4-1-2-5-13)14-8-11-18-16(12-14)9-3-10-16/h13-15,17H,1-12H2. The third kappa shape index (κ3) is 2.75. The van der Waals surface area contributed by atoms with E-state index in [1.807, 2.05) is 0 Å². The maximum absolute atomic E-state index is 10.4. The highest BCUT2D eigenvalue weighted by molar-refractivity contribution is 4.95. The Kier molecular flexibility index (Phi) is 3.95. The largest absolute Gasteiger partial charge is 0.393 e. The third-order valence-corrected chi connectivity index (χ3v) is 5.69. The summed E-state index contributed by atoms with van der Waals surface area (Å²) in [6, 6.07) is 0. The van der Waals surface area contributed by atoms with E-state index in [0.29, 0.717) is 5.92 Å². The Hall–Kier alpha value is -0.0800. The fraction of sp³-hybridized carbons (Fsp3) is 1.00. The molecule has 2 aliphatic carbocycles. The lowest BCUT2D eigenvalue weighted by Crippen LogP contribution is -2.47. The third-order valence-electron chi connectivity index (χ3n) is 5.69. The molecule has 18 heavy (non-hydrogen) atoms. The molecule has 1 saturated heterocycles. The van der Waals surface area contributed by atoms with Gasteiger partial charge in [0.15, 0.2) is 0 Å². The molecule has 2 unspecified atom stereocenters. The van der Waals surface area contributed by atoms with Gasteiger partial charge in [0.25, 0.3) is 0 Å². The van der Waals surface area contributed by atoms with Gasteiger partial charge in [-0.25, -0.2) is 0 Å². The van der Waals surface area contributed by atoms with Crippen molar-refractivity contribution in [3.05, 3.63) is 0 Å². The van der Waals surface area contributed by atoms with Crippen molar-refractivity contribution in [1.82, 2.24) is 0 Å². The summed E-state index contributed by atoms with van der Waals surface area (Å²) in [7, 11) is 0. The summed E-state index contributed by atoms with van der Waals surface area (Å²) in [6.07, 6.45) is 13.9. The van der Waals surface area contributed by atoms with Crippen LogP contribution in [0.25, 0.3) is 0 Å². The summed E-state index contributed by atoms with van der Waals surface area (Å²) in [5.74, 6) is 1.43. The molecule has 2 atom stereocenters. The Morgan fingerprint density at radius 1 is 1.11 bits per heavy atom. The highest BCUT2D eigenvalue weighted by Crippen LogP contribution is 2.45. The van der Waals surface area contributed by atoms with Crippen LogP contribution in [-0.2, 0) is 4.74 Å². The molecule has 1 spiro atoms. The van der Waals surface area contributed by atoms with Crippen molar-refractivity contribution in [1.29, 1.82) is 0 Å². The van der Waals surface area contributed by atoms with Gasteiger partial charge in [-0.3, -0.25) is 0 Å². The zero-order valence-corrected chi connectivity index (χ0v) is 11.6. The molecule has 0 bridgehead atoms. The first-order valence-electron chi connectivity index (χ1n) is 8.09. The lowest BCUT2D eigenvalue weighted by molar-refractivity contribution is -0.157. The van der Waals surface area contributed by atoms with Crippen LogP contribution in [0.1, 0.15) is 70.6 Å². The van der Waals surface area contributed by atoms with E-state index in [-0.39, 0.29) is 11.7 Å². The molecule has 3 rings (SSSR count). The number of hydrogen-bond donors (Lipinski definition) is 1. The minimum Gasteiger partial charge on any atom is -0.393 e. The molecule has 0 aromatic heterocycles. The smallest absolute Gasteiger partial charge is 0.0686 e. The molecule has 3 aliphatic rings. The molecule has 1 N–H and O–H groups in total. The SMILES string of the molecule is OC(CCC1CCCC1)C1CCOC2(CCC2)C1. The molecule has 2 saturated carbocycles. The second-order valence-corrected chi connectivity index (χ2v) is 6.93. The van der Waals surface area contributed by atoms with Crippen LogP contribution in [0.4, 0.5) is 0 Å². The number of aliphatic hydroxyl groups is 1. The molecule has 3 fully saturated rings. The number of hydrogen-bond acceptors (Lipinski definition) is 2. The Labute approximate surface area is 111 Å². The van der Waals surface area contributed by atoms with Gasteiger partial charge < -0.3 is 9.84 Å². The summed E-state index contributed by atoms with van der Waals surface area (Å²) in [6.45, 7) is 0.880. The number of ether oxygens (including phenoxy) is 1. The van der Waals surface area contributed by atoms with Gasteiger partial charge in [-0.05, 0) is 56.8 Å². The van der Waals surface area contributed by atoms with Gasteiger partial charge in [-0.1, -0.05) is 25.7 Å². The monoisotopic (exact) mass is 252 g/mol. The zero-order valence-electron chi connectivity index (χ0n) is 11.6. The van der Waals surface area contributed by atoms with E-state index in [1.165, 1.54) is 51.4 Å². The average Bonchev–Trinajstić information content (AvgIpc) is 2.87. The van der Waals surface area contributed by atoms with Gasteiger partial charge in [0.05, 0.1) is 11.7 Å². The van der Waals surface area contributed by atoms with Crippen LogP contribution in [0.2, 0.25) is 0 Å². The minimum atomic E-state index is -0.0630. The highest BCUT2D eigenvalue weighted by Gasteiger charge is 2.43. The molecular weight excluding hydrogens is 224 g/mol. The highest BCUT2D eigenvalue weighted by atomic mass is 16.5. The second kappa shape index (κ2) is 5.50. The maximum Gasteiger partial charge on any atom is 0.0686 e. The Morgan fingerprint density at radius 2 is 1.89 bits per heavy atom. The van der Waals surface area contributed by atoms with Crippen molar-refractivity contribution in [3.8, 4) is 0 Å². The topological polar surface area (TPSA) is 29.5 Å². The van der Waals surface area contributed by atoms with E-state index in [1.54, 1.807) is 0 Å². The molecule has 0 aromatic rings. The second-order valence-electron chi connectivity index (χ2n) is 6.93. The number of aliphatic hydroxyl groups excluding tert-OH is 1. The van der Waals surface area contributed by atoms with Crippen molar-refractivity contribution in [2.24, 2.45) is 11.8 Å². The van der Waals surface area contributed by atoms with Gasteiger partial charge in [0.1, 0.15) is 0 Å². The van der Waals surface area contributed by atoms with Crippen molar-refractivity contribution in [2.75, 3.05) is 6.61 Å². The molecular formula is C16H28O2. The van der Waals surface area contributed by atoms with E-state index < -0.39 is 0 Å². The van der Waals surface area contributed by atoms with E-state index in [2.05, 4.69) is 0 Å². The summed E-state index contributed by atoms with van der Waals surface area (Å²) in [4.78, 5) is 0. The van der Waals surface area contributed by atoms with Gasteiger partial charge in [0, 0.05) is 6.61 Å². The molecule has 0 radical (unpaired) electrons. The van der Waals surface area contributed by atoms with Crippen molar-refractivity contribution in [2.45, 2.75) is 82.3 Å². The van der Waals surface area contributed by atoms with Crippen molar-refractivity contribution in [3.63, 3.8) is 0 Å². The zero-order chi connectivity index (χ0) is 12.4. The predicted molar refractivity (Wildman–Crippen MR) is 72.5 cm³/mol. The van der Waals surface area contributed by atoms with E-state index in [4.69, 9.17) is 4.74 Å². The van der Waals surface area contributed by atoms with Crippen LogP contribution < -0.4 is 0 Å². The summed E-state index contributed by atoms with van der Waals surface area (Å²) in [5.41, 5.74) is 0.192. The molecule has 104 valence electrons. The maximum atomic E-state index is 10.4. The molecule has 1 aliphatic heterocycles. The van der Waals surface area contributed by atoms with Crippen LogP contribution in [0, 0.1) is 11.8 Å². The van der Waals surface area contributed by atoms with Crippen LogP contribution in [0.5, 0.6) is 0 Å². The van der Waals surface area contributed by atoms with Crippen LogP contribution >= 0.6 is 0 Å². The van der Waals surface area contributed by atoms with Gasteiger partial charge >= 0.3 is 0 Å². The van der Waals surface area contributed by atoms with Crippen LogP contribution in [-0.4, -0.2) is 23.4 Å². The lowest BCUT2D eigenvalue weighted by atomic mass is 9.70. The normalized spacial score (nSPS) is 33.5. The fourth-order valence-electron chi connectivity index (χ4n) is 4.25. The molecule has 1 heterocycles. The van der Waals surface area contributed by atoms with E-state index >= 15 is 0 Å². The van der Waals surface area contributed by atoms with E-state index in [9.17, 15) is 5.11 Å². The first kappa shape index (κ1) is 12.9. The predicted octanol–water partition coefficient (Wildman–Crippen LogP) is 3.67. The van der Waals surface area contributed by atoms with E-state index in [0.717, 1.165) is 31.8 Å². The van der Waals surface area contributed by atoms with Crippen LogP contribution in [0.3, 0.4) is 0 Å². The summed E-state index contributed by atoms with van der Waals surface area (Å²) in [5, 5.41) is 10.4. The average molecular weight is 252 g/mol. The van der Waals surface area contributed by atoms with Gasteiger partial charge in [0.2, 0.25) is 0 Å². The first-order valence-corrected chi connectivity index (χ1v) is 8.09. The quantitative estimate of drug-likeness (QED) is 0.827. The summed E-state index contributed by atoms with van der Waals surface area (Å²) >= 11 is 0. The Morgan fingerprint density at radius 3 is 2.56 bits per heavy atom. The molecule has 0 amide bonds. The minimum absolute atomic E-state index is 0.0630.